The van der Waals surface area contributed by atoms with Crippen molar-refractivity contribution in [3.63, 3.8) is 0 Å². The first-order valence-electron chi connectivity index (χ1n) is 7.38. The molecular weight excluding hydrogens is 264 g/mol. The van der Waals surface area contributed by atoms with Crippen molar-refractivity contribution in [2.24, 2.45) is 0 Å². The van der Waals surface area contributed by atoms with E-state index in [4.69, 9.17) is 0 Å². The Labute approximate surface area is 123 Å². The molecule has 110 valence electrons. The molecule has 0 atom stereocenters. The highest BCUT2D eigenvalue weighted by Crippen LogP contribution is 2.03. The van der Waals surface area contributed by atoms with E-state index in [0.717, 1.165) is 43.9 Å². The Morgan fingerprint density at radius 2 is 2.14 bits per heavy atom. The Balaban J connectivity index is 1.53. The molecule has 0 bridgehead atoms. The van der Waals surface area contributed by atoms with Crippen molar-refractivity contribution in [3.8, 4) is 0 Å². The van der Waals surface area contributed by atoms with E-state index in [1.165, 1.54) is 5.69 Å². The Morgan fingerprint density at radius 1 is 1.19 bits per heavy atom. The summed E-state index contributed by atoms with van der Waals surface area (Å²) in [6.07, 6.45) is 5.81. The lowest BCUT2D eigenvalue weighted by Crippen LogP contribution is -2.20. The summed E-state index contributed by atoms with van der Waals surface area (Å²) >= 11 is 0. The first-order valence-corrected chi connectivity index (χ1v) is 7.38. The number of hydrogen-bond donors (Lipinski definition) is 1. The van der Waals surface area contributed by atoms with E-state index in [1.54, 1.807) is 0 Å². The van der Waals surface area contributed by atoms with Gasteiger partial charge in [0.2, 0.25) is 0 Å². The van der Waals surface area contributed by atoms with Crippen molar-refractivity contribution in [1.29, 1.82) is 0 Å². The van der Waals surface area contributed by atoms with Gasteiger partial charge in [-0.3, -0.25) is 9.08 Å². The Hall–Kier alpha value is -2.21. The molecule has 0 aliphatic carbocycles. The zero-order valence-corrected chi connectivity index (χ0v) is 12.2. The van der Waals surface area contributed by atoms with Crippen molar-refractivity contribution in [2.45, 2.75) is 32.9 Å². The first kappa shape index (κ1) is 13.8. The first-order chi connectivity index (χ1) is 10.4. The van der Waals surface area contributed by atoms with Crippen LogP contribution in [0.25, 0.3) is 5.65 Å². The van der Waals surface area contributed by atoms with Crippen LogP contribution in [-0.4, -0.2) is 30.9 Å². The van der Waals surface area contributed by atoms with Crippen LogP contribution in [0.5, 0.6) is 0 Å². The fraction of sp³-hybridized carbons (Fsp3) is 0.400. The average Bonchev–Trinajstić information content (AvgIpc) is 3.11. The van der Waals surface area contributed by atoms with Crippen LogP contribution >= 0.6 is 0 Å². The maximum Gasteiger partial charge on any atom is 0.160 e. The number of aromatic nitrogens is 5. The molecule has 3 heterocycles. The lowest BCUT2D eigenvalue weighted by molar-refractivity contribution is 0.548. The van der Waals surface area contributed by atoms with E-state index in [1.807, 2.05) is 35.0 Å². The molecule has 0 aliphatic rings. The highest BCUT2D eigenvalue weighted by atomic mass is 15.3. The van der Waals surface area contributed by atoms with Crippen molar-refractivity contribution < 1.29 is 0 Å². The maximum absolute atomic E-state index is 4.33. The summed E-state index contributed by atoms with van der Waals surface area (Å²) in [4.78, 5) is 0. The number of pyridine rings is 1. The minimum absolute atomic E-state index is 0.830. The van der Waals surface area contributed by atoms with Gasteiger partial charge in [-0.05, 0) is 24.6 Å². The van der Waals surface area contributed by atoms with Gasteiger partial charge in [-0.25, -0.2) is 0 Å². The molecule has 0 saturated carbocycles. The second-order valence-corrected chi connectivity index (χ2v) is 5.02. The molecule has 0 spiro atoms. The van der Waals surface area contributed by atoms with Gasteiger partial charge in [0.25, 0.3) is 0 Å². The molecule has 21 heavy (non-hydrogen) atoms. The van der Waals surface area contributed by atoms with Crippen molar-refractivity contribution in [1.82, 2.24) is 29.7 Å². The minimum Gasteiger partial charge on any atom is -0.311 e. The topological polar surface area (TPSA) is 60.0 Å². The third-order valence-electron chi connectivity index (χ3n) is 3.46. The molecule has 0 radical (unpaired) electrons. The molecule has 0 unspecified atom stereocenters. The highest BCUT2D eigenvalue weighted by molar-refractivity contribution is 5.36. The standard InChI is InChI=1S/C15H20N6/c1-2-10-21-13(6-9-17-21)12-16-8-7-15-19-18-14-5-3-4-11-20(14)15/h3-6,9,11,16H,2,7-8,10,12H2,1H3. The van der Waals surface area contributed by atoms with Gasteiger partial charge >= 0.3 is 0 Å². The quantitative estimate of drug-likeness (QED) is 0.670. The zero-order chi connectivity index (χ0) is 14.5. The lowest BCUT2D eigenvalue weighted by atomic mass is 10.3. The fourth-order valence-electron chi connectivity index (χ4n) is 2.40. The largest absolute Gasteiger partial charge is 0.311 e. The van der Waals surface area contributed by atoms with E-state index in [9.17, 15) is 0 Å². The molecule has 0 aliphatic heterocycles. The summed E-state index contributed by atoms with van der Waals surface area (Å²) in [6.45, 7) is 4.83. The maximum atomic E-state index is 4.33. The van der Waals surface area contributed by atoms with E-state index in [0.29, 0.717) is 0 Å². The Morgan fingerprint density at radius 3 is 3.05 bits per heavy atom. The molecule has 0 aromatic carbocycles. The van der Waals surface area contributed by atoms with Crippen LogP contribution in [0.4, 0.5) is 0 Å². The van der Waals surface area contributed by atoms with Gasteiger partial charge in [0.05, 0.1) is 5.69 Å². The fourth-order valence-corrected chi connectivity index (χ4v) is 2.40. The second-order valence-electron chi connectivity index (χ2n) is 5.02. The van der Waals surface area contributed by atoms with Crippen molar-refractivity contribution >= 4 is 5.65 Å². The smallest absolute Gasteiger partial charge is 0.160 e. The summed E-state index contributed by atoms with van der Waals surface area (Å²) in [7, 11) is 0. The third kappa shape index (κ3) is 3.11. The van der Waals surface area contributed by atoms with Crippen LogP contribution in [0.3, 0.4) is 0 Å². The molecular formula is C15H20N6. The Kier molecular flexibility index (Phi) is 4.25. The van der Waals surface area contributed by atoms with Crippen LogP contribution in [0.2, 0.25) is 0 Å². The summed E-state index contributed by atoms with van der Waals surface area (Å²) in [5.74, 6) is 0.986. The van der Waals surface area contributed by atoms with Gasteiger partial charge in [0, 0.05) is 38.4 Å². The number of nitrogens with zero attached hydrogens (tertiary/aromatic N) is 5. The van der Waals surface area contributed by atoms with Crippen LogP contribution in [-0.2, 0) is 19.5 Å². The zero-order valence-electron chi connectivity index (χ0n) is 12.2. The molecule has 3 rings (SSSR count). The van der Waals surface area contributed by atoms with Gasteiger partial charge in [-0.15, -0.1) is 10.2 Å². The van der Waals surface area contributed by atoms with Crippen LogP contribution in [0, 0.1) is 0 Å². The molecule has 0 fully saturated rings. The van der Waals surface area contributed by atoms with E-state index >= 15 is 0 Å². The summed E-state index contributed by atoms with van der Waals surface area (Å²) in [6, 6.07) is 8.00. The van der Waals surface area contributed by atoms with Gasteiger partial charge < -0.3 is 5.32 Å². The van der Waals surface area contributed by atoms with Crippen LogP contribution < -0.4 is 5.32 Å². The van der Waals surface area contributed by atoms with E-state index in [-0.39, 0.29) is 0 Å². The molecule has 6 heteroatoms. The van der Waals surface area contributed by atoms with Gasteiger partial charge in [-0.1, -0.05) is 13.0 Å². The Bertz CT molecular complexity index is 699. The lowest BCUT2D eigenvalue weighted by Gasteiger charge is -2.07. The summed E-state index contributed by atoms with van der Waals surface area (Å²) in [5, 5.41) is 16.2. The normalized spacial score (nSPS) is 11.3. The molecule has 3 aromatic heterocycles. The van der Waals surface area contributed by atoms with E-state index < -0.39 is 0 Å². The number of hydrogen-bond acceptors (Lipinski definition) is 4. The summed E-state index contributed by atoms with van der Waals surface area (Å²) < 4.78 is 4.09. The monoisotopic (exact) mass is 284 g/mol. The predicted molar refractivity (Wildman–Crippen MR) is 80.9 cm³/mol. The number of aryl methyl sites for hydroxylation is 1. The minimum atomic E-state index is 0.830. The molecule has 6 nitrogen and oxygen atoms in total. The number of fused-ring (bicyclic) bond motifs is 1. The van der Waals surface area contributed by atoms with Gasteiger partial charge in [0.1, 0.15) is 5.82 Å². The third-order valence-corrected chi connectivity index (χ3v) is 3.46. The molecule has 0 amide bonds. The molecule has 1 N–H and O–H groups in total. The SMILES string of the molecule is CCCn1nccc1CNCCc1nnc2ccccn12. The van der Waals surface area contributed by atoms with Crippen LogP contribution in [0.1, 0.15) is 24.9 Å². The summed E-state index contributed by atoms with van der Waals surface area (Å²) in [5.41, 5.74) is 2.12. The van der Waals surface area contributed by atoms with Crippen molar-refractivity contribution in [2.75, 3.05) is 6.54 Å². The predicted octanol–water partition coefficient (Wildman–Crippen LogP) is 1.67. The van der Waals surface area contributed by atoms with Crippen molar-refractivity contribution in [3.05, 3.63) is 48.2 Å². The van der Waals surface area contributed by atoms with Gasteiger partial charge in [0.15, 0.2) is 5.65 Å². The second kappa shape index (κ2) is 6.49. The molecule has 3 aromatic rings. The highest BCUT2D eigenvalue weighted by Gasteiger charge is 2.05. The van der Waals surface area contributed by atoms with Crippen LogP contribution in [0.15, 0.2) is 36.7 Å². The van der Waals surface area contributed by atoms with Gasteiger partial charge in [-0.2, -0.15) is 5.10 Å². The molecule has 0 saturated heterocycles. The van der Waals surface area contributed by atoms with E-state index in [2.05, 4.69) is 38.3 Å². The number of nitrogens with one attached hydrogen (secondary N) is 1. The average molecular weight is 284 g/mol. The number of rotatable bonds is 7.